The molecule has 0 spiro atoms. The van der Waals surface area contributed by atoms with Crippen molar-refractivity contribution in [2.24, 2.45) is 0 Å². The highest BCUT2D eigenvalue weighted by molar-refractivity contribution is 7.13. The molecule has 1 saturated heterocycles. The number of rotatable bonds is 3. The highest BCUT2D eigenvalue weighted by Crippen LogP contribution is 2.35. The Balaban J connectivity index is 0.00000131. The molecule has 2 aliphatic rings. The largest absolute Gasteiger partial charge is 0.486 e. The van der Waals surface area contributed by atoms with E-state index in [0.29, 0.717) is 24.9 Å². The third kappa shape index (κ3) is 4.66. The number of benzene rings is 1. The molecule has 27 heavy (non-hydrogen) atoms. The first-order chi connectivity index (χ1) is 12.2. The van der Waals surface area contributed by atoms with Gasteiger partial charge in [0.1, 0.15) is 23.9 Å². The molecule has 0 bridgehead atoms. The Labute approximate surface area is 175 Å². The summed E-state index contributed by atoms with van der Waals surface area (Å²) in [5, 5.41) is 5.95. The summed E-state index contributed by atoms with van der Waals surface area (Å²) in [6.07, 6.45) is 1.97. The molecule has 0 saturated carbocycles. The van der Waals surface area contributed by atoms with Crippen molar-refractivity contribution in [2.45, 2.75) is 18.9 Å². The van der Waals surface area contributed by atoms with E-state index in [-0.39, 0.29) is 30.7 Å². The fraction of sp³-hybridized carbons (Fsp3) is 0.444. The fourth-order valence-electron chi connectivity index (χ4n) is 3.21. The van der Waals surface area contributed by atoms with Gasteiger partial charge in [-0.1, -0.05) is 0 Å². The van der Waals surface area contributed by atoms with Gasteiger partial charge in [-0.25, -0.2) is 4.98 Å². The van der Waals surface area contributed by atoms with Crippen molar-refractivity contribution in [2.75, 3.05) is 33.4 Å². The lowest BCUT2D eigenvalue weighted by atomic mass is 10.1. The molecule has 6 nitrogen and oxygen atoms in total. The SMILES string of the molecule is CNC1CCN(C(=O)c2csc(-c3ccc4c(c3)OCCO4)n2)CC1.Cl.Cl. The quantitative estimate of drug-likeness (QED) is 0.807. The number of halogens is 2. The number of ether oxygens (including phenoxy) is 2. The van der Waals surface area contributed by atoms with Crippen molar-refractivity contribution >= 4 is 42.1 Å². The van der Waals surface area contributed by atoms with Crippen LogP contribution in [-0.4, -0.2) is 55.2 Å². The molecule has 1 aromatic heterocycles. The van der Waals surface area contributed by atoms with Gasteiger partial charge in [0.2, 0.25) is 0 Å². The molecule has 2 aliphatic heterocycles. The molecule has 9 heteroatoms. The van der Waals surface area contributed by atoms with Gasteiger partial charge in [-0.2, -0.15) is 0 Å². The van der Waals surface area contributed by atoms with Crippen LogP contribution in [0.5, 0.6) is 11.5 Å². The van der Waals surface area contributed by atoms with Crippen LogP contribution in [0.15, 0.2) is 23.6 Å². The zero-order valence-corrected chi connectivity index (χ0v) is 17.4. The van der Waals surface area contributed by atoms with Crippen LogP contribution in [0.4, 0.5) is 0 Å². The second-order valence-corrected chi connectivity index (χ2v) is 7.11. The molecule has 1 amide bonds. The van der Waals surface area contributed by atoms with Crippen LogP contribution in [0.25, 0.3) is 10.6 Å². The van der Waals surface area contributed by atoms with Gasteiger partial charge >= 0.3 is 0 Å². The zero-order chi connectivity index (χ0) is 17.2. The predicted octanol–water partition coefficient (Wildman–Crippen LogP) is 3.25. The molecule has 0 radical (unpaired) electrons. The van der Waals surface area contributed by atoms with E-state index in [2.05, 4.69) is 10.3 Å². The molecule has 148 valence electrons. The second kappa shape index (κ2) is 9.59. The maximum Gasteiger partial charge on any atom is 0.273 e. The summed E-state index contributed by atoms with van der Waals surface area (Å²) >= 11 is 1.48. The Bertz CT molecular complexity index is 779. The van der Waals surface area contributed by atoms with E-state index in [9.17, 15) is 4.79 Å². The maximum absolute atomic E-state index is 12.7. The molecular weight excluding hydrogens is 409 g/mol. The van der Waals surface area contributed by atoms with Crippen LogP contribution in [0.3, 0.4) is 0 Å². The number of thiazole rings is 1. The lowest BCUT2D eigenvalue weighted by Gasteiger charge is -2.31. The molecule has 1 aromatic carbocycles. The minimum atomic E-state index is 0. The minimum absolute atomic E-state index is 0. The van der Waals surface area contributed by atoms with Crippen LogP contribution >= 0.6 is 36.2 Å². The first kappa shape index (κ1) is 21.8. The number of piperidine rings is 1. The first-order valence-corrected chi connectivity index (χ1v) is 9.44. The summed E-state index contributed by atoms with van der Waals surface area (Å²) in [7, 11) is 1.97. The van der Waals surface area contributed by atoms with Crippen molar-refractivity contribution in [1.29, 1.82) is 0 Å². The lowest BCUT2D eigenvalue weighted by molar-refractivity contribution is 0.0702. The zero-order valence-electron chi connectivity index (χ0n) is 15.0. The van der Waals surface area contributed by atoms with E-state index >= 15 is 0 Å². The molecule has 2 aromatic rings. The normalized spacial score (nSPS) is 16.3. The Morgan fingerprint density at radius 3 is 2.59 bits per heavy atom. The monoisotopic (exact) mass is 431 g/mol. The highest BCUT2D eigenvalue weighted by Gasteiger charge is 2.24. The van der Waals surface area contributed by atoms with Crippen LogP contribution < -0.4 is 14.8 Å². The summed E-state index contributed by atoms with van der Waals surface area (Å²) in [4.78, 5) is 19.1. The van der Waals surface area contributed by atoms with E-state index < -0.39 is 0 Å². The van der Waals surface area contributed by atoms with Crippen LogP contribution in [0.2, 0.25) is 0 Å². The van der Waals surface area contributed by atoms with Gasteiger partial charge in [0.05, 0.1) is 0 Å². The van der Waals surface area contributed by atoms with E-state index in [1.165, 1.54) is 11.3 Å². The summed E-state index contributed by atoms with van der Waals surface area (Å²) in [5.74, 6) is 1.52. The molecule has 0 atom stereocenters. The number of nitrogens with one attached hydrogen (secondary N) is 1. The number of amides is 1. The Morgan fingerprint density at radius 1 is 1.19 bits per heavy atom. The number of aromatic nitrogens is 1. The van der Waals surface area contributed by atoms with Crippen LogP contribution in [0, 0.1) is 0 Å². The van der Waals surface area contributed by atoms with Gasteiger partial charge in [0, 0.05) is 30.1 Å². The Hall–Kier alpha value is -1.54. The summed E-state index contributed by atoms with van der Waals surface area (Å²) in [5.41, 5.74) is 1.47. The molecule has 3 heterocycles. The number of likely N-dealkylation sites (tertiary alicyclic amines) is 1. The number of hydrogen-bond donors (Lipinski definition) is 1. The lowest BCUT2D eigenvalue weighted by Crippen LogP contribution is -2.44. The third-order valence-electron chi connectivity index (χ3n) is 4.70. The first-order valence-electron chi connectivity index (χ1n) is 8.56. The molecule has 0 aliphatic carbocycles. The Kier molecular flexibility index (Phi) is 7.73. The summed E-state index contributed by atoms with van der Waals surface area (Å²) < 4.78 is 11.2. The van der Waals surface area contributed by atoms with E-state index in [0.717, 1.165) is 48.0 Å². The number of hydrogen-bond acceptors (Lipinski definition) is 6. The van der Waals surface area contributed by atoms with Crippen molar-refractivity contribution in [1.82, 2.24) is 15.2 Å². The van der Waals surface area contributed by atoms with Crippen molar-refractivity contribution in [3.05, 3.63) is 29.3 Å². The van der Waals surface area contributed by atoms with Gasteiger partial charge in [0.15, 0.2) is 11.5 Å². The third-order valence-corrected chi connectivity index (χ3v) is 5.59. The van der Waals surface area contributed by atoms with Gasteiger partial charge in [-0.15, -0.1) is 36.2 Å². The van der Waals surface area contributed by atoms with Crippen LogP contribution in [0.1, 0.15) is 23.3 Å². The average Bonchev–Trinajstić information content (AvgIpc) is 3.17. The topological polar surface area (TPSA) is 63.7 Å². The maximum atomic E-state index is 12.7. The number of carbonyl (C=O) groups is 1. The van der Waals surface area contributed by atoms with E-state index in [1.807, 2.05) is 35.5 Å². The average molecular weight is 432 g/mol. The number of carbonyl (C=O) groups excluding carboxylic acids is 1. The summed E-state index contributed by atoms with van der Waals surface area (Å²) in [6, 6.07) is 6.29. The predicted molar refractivity (Wildman–Crippen MR) is 111 cm³/mol. The number of fused-ring (bicyclic) bond motifs is 1. The molecule has 0 unspecified atom stereocenters. The summed E-state index contributed by atoms with van der Waals surface area (Å²) in [6.45, 7) is 2.69. The van der Waals surface area contributed by atoms with Gasteiger partial charge in [-0.3, -0.25) is 4.79 Å². The molecule has 1 fully saturated rings. The minimum Gasteiger partial charge on any atom is -0.486 e. The smallest absolute Gasteiger partial charge is 0.273 e. The van der Waals surface area contributed by atoms with Crippen molar-refractivity contribution in [3.8, 4) is 22.1 Å². The van der Waals surface area contributed by atoms with E-state index in [4.69, 9.17) is 9.47 Å². The number of nitrogens with zero attached hydrogens (tertiary/aromatic N) is 2. The molecule has 1 N–H and O–H groups in total. The highest BCUT2D eigenvalue weighted by atomic mass is 35.5. The fourth-order valence-corrected chi connectivity index (χ4v) is 4.01. The van der Waals surface area contributed by atoms with Crippen molar-refractivity contribution in [3.63, 3.8) is 0 Å². The second-order valence-electron chi connectivity index (χ2n) is 6.25. The van der Waals surface area contributed by atoms with Crippen LogP contribution in [-0.2, 0) is 0 Å². The van der Waals surface area contributed by atoms with Gasteiger partial charge in [0.25, 0.3) is 5.91 Å². The van der Waals surface area contributed by atoms with Gasteiger partial charge < -0.3 is 19.7 Å². The Morgan fingerprint density at radius 2 is 1.89 bits per heavy atom. The molecule has 4 rings (SSSR count). The van der Waals surface area contributed by atoms with Gasteiger partial charge in [-0.05, 0) is 38.1 Å². The molecular formula is C18H23Cl2N3O3S. The van der Waals surface area contributed by atoms with E-state index in [1.54, 1.807) is 0 Å². The van der Waals surface area contributed by atoms with Crippen molar-refractivity contribution < 1.29 is 14.3 Å². The standard InChI is InChI=1S/C18H21N3O3S.2ClH/c1-19-13-4-6-21(7-5-13)18(22)14-11-25-17(20-14)12-2-3-15-16(10-12)24-9-8-23-15;;/h2-3,10-11,13,19H,4-9H2,1H3;2*1H.